The fraction of sp³-hybridized carbons (Fsp3) is 0.389. The maximum Gasteiger partial charge on any atom is 0.250 e. The topological polar surface area (TPSA) is 76.3 Å². The number of primary amides is 1. The smallest absolute Gasteiger partial charge is 0.250 e. The van der Waals surface area contributed by atoms with E-state index in [1.807, 2.05) is 42.2 Å². The Morgan fingerprint density at radius 1 is 1.26 bits per heavy atom. The van der Waals surface area contributed by atoms with E-state index in [2.05, 4.69) is 0 Å². The largest absolute Gasteiger partial charge is 0.366 e. The lowest BCUT2D eigenvalue weighted by molar-refractivity contribution is -0.131. The zero-order valence-corrected chi connectivity index (χ0v) is 13.3. The van der Waals surface area contributed by atoms with Crippen molar-refractivity contribution >= 4 is 22.7 Å². The molecule has 2 heterocycles. The average Bonchev–Trinajstić information content (AvgIpc) is 2.60. The van der Waals surface area contributed by atoms with Gasteiger partial charge in [0.1, 0.15) is 0 Å². The number of nitrogens with zero attached hydrogens (tertiary/aromatic N) is 2. The Morgan fingerprint density at radius 2 is 1.96 bits per heavy atom. The summed E-state index contributed by atoms with van der Waals surface area (Å²) in [6, 6.07) is 9.57. The summed E-state index contributed by atoms with van der Waals surface area (Å²) in [5.74, 6) is -0.0848. The maximum atomic E-state index is 11.8. The summed E-state index contributed by atoms with van der Waals surface area (Å²) in [7, 11) is 0. The van der Waals surface area contributed by atoms with E-state index in [9.17, 15) is 9.59 Å². The number of carbonyl (C=O) groups is 2. The summed E-state index contributed by atoms with van der Waals surface area (Å²) in [4.78, 5) is 30.2. The van der Waals surface area contributed by atoms with Gasteiger partial charge < -0.3 is 10.6 Å². The van der Waals surface area contributed by atoms with Gasteiger partial charge in [0.2, 0.25) is 5.91 Å². The van der Waals surface area contributed by atoms with E-state index >= 15 is 0 Å². The zero-order chi connectivity index (χ0) is 16.4. The van der Waals surface area contributed by atoms with Crippen molar-refractivity contribution < 1.29 is 9.59 Å². The van der Waals surface area contributed by atoms with Crippen LogP contribution in [0.1, 0.15) is 48.2 Å². The number of amides is 2. The molecule has 0 radical (unpaired) electrons. The van der Waals surface area contributed by atoms with Crippen molar-refractivity contribution in [2.45, 2.75) is 32.1 Å². The van der Waals surface area contributed by atoms with Crippen molar-refractivity contribution in [2.75, 3.05) is 13.1 Å². The number of fused-ring (bicyclic) bond motifs is 1. The zero-order valence-electron chi connectivity index (χ0n) is 13.3. The number of carbonyl (C=O) groups excluding carboxylic acids is 2. The molecular formula is C18H21N3O2. The highest BCUT2D eigenvalue weighted by Crippen LogP contribution is 2.31. The molecule has 23 heavy (non-hydrogen) atoms. The van der Waals surface area contributed by atoms with Crippen LogP contribution in [0.4, 0.5) is 0 Å². The highest BCUT2D eigenvalue weighted by molar-refractivity contribution is 5.97. The number of benzene rings is 1. The highest BCUT2D eigenvalue weighted by Gasteiger charge is 2.27. The van der Waals surface area contributed by atoms with E-state index in [1.165, 1.54) is 0 Å². The molecule has 120 valence electrons. The molecule has 2 amide bonds. The number of pyridine rings is 1. The monoisotopic (exact) mass is 311 g/mol. The van der Waals surface area contributed by atoms with Crippen molar-refractivity contribution in [1.82, 2.24) is 9.88 Å². The van der Waals surface area contributed by atoms with Crippen molar-refractivity contribution in [3.8, 4) is 0 Å². The molecule has 0 spiro atoms. The van der Waals surface area contributed by atoms with Gasteiger partial charge in [-0.15, -0.1) is 0 Å². The van der Waals surface area contributed by atoms with Gasteiger partial charge in [0.15, 0.2) is 0 Å². The standard InChI is InChI=1S/C18H21N3O2/c1-2-16(22)21-9-7-12(8-10-21)17-14(18(19)23)11-13-5-3-4-6-15(13)20-17/h3-6,11-12H,2,7-10H2,1H3,(H2,19,23). The first kappa shape index (κ1) is 15.5. The highest BCUT2D eigenvalue weighted by atomic mass is 16.2. The van der Waals surface area contributed by atoms with Gasteiger partial charge in [0, 0.05) is 30.8 Å². The summed E-state index contributed by atoms with van der Waals surface area (Å²) in [6.45, 7) is 3.30. The molecule has 2 aromatic rings. The SMILES string of the molecule is CCC(=O)N1CCC(c2nc3ccccc3cc2C(N)=O)CC1. The molecule has 0 aliphatic carbocycles. The Kier molecular flexibility index (Phi) is 4.28. The summed E-state index contributed by atoms with van der Waals surface area (Å²) in [5.41, 5.74) is 7.72. The summed E-state index contributed by atoms with van der Waals surface area (Å²) in [5, 5.41) is 0.920. The third kappa shape index (κ3) is 3.04. The first-order valence-electron chi connectivity index (χ1n) is 8.07. The second-order valence-electron chi connectivity index (χ2n) is 5.99. The average molecular weight is 311 g/mol. The van der Waals surface area contributed by atoms with Crippen LogP contribution in [0.5, 0.6) is 0 Å². The number of rotatable bonds is 3. The van der Waals surface area contributed by atoms with E-state index in [0.29, 0.717) is 25.1 Å². The van der Waals surface area contributed by atoms with Crippen LogP contribution in [0.2, 0.25) is 0 Å². The Hall–Kier alpha value is -2.43. The van der Waals surface area contributed by atoms with Gasteiger partial charge in [-0.3, -0.25) is 14.6 Å². The van der Waals surface area contributed by atoms with Gasteiger partial charge >= 0.3 is 0 Å². The van der Waals surface area contributed by atoms with Crippen LogP contribution in [0.25, 0.3) is 10.9 Å². The fourth-order valence-electron chi connectivity index (χ4n) is 3.27. The van der Waals surface area contributed by atoms with Gasteiger partial charge in [0.25, 0.3) is 5.91 Å². The first-order chi connectivity index (χ1) is 11.1. The van der Waals surface area contributed by atoms with E-state index < -0.39 is 5.91 Å². The van der Waals surface area contributed by atoms with Gasteiger partial charge in [0.05, 0.1) is 16.8 Å². The molecule has 1 saturated heterocycles. The van der Waals surface area contributed by atoms with E-state index in [0.717, 1.165) is 29.4 Å². The summed E-state index contributed by atoms with van der Waals surface area (Å²) < 4.78 is 0. The van der Waals surface area contributed by atoms with Gasteiger partial charge in [-0.25, -0.2) is 0 Å². The molecule has 2 N–H and O–H groups in total. The normalized spacial score (nSPS) is 15.8. The lowest BCUT2D eigenvalue weighted by Gasteiger charge is -2.32. The van der Waals surface area contributed by atoms with Crippen molar-refractivity contribution in [3.05, 3.63) is 41.6 Å². The Morgan fingerprint density at radius 3 is 2.61 bits per heavy atom. The lowest BCUT2D eigenvalue weighted by atomic mass is 9.89. The Labute approximate surface area is 135 Å². The fourth-order valence-corrected chi connectivity index (χ4v) is 3.27. The second kappa shape index (κ2) is 6.36. The van der Waals surface area contributed by atoms with Crippen LogP contribution in [-0.4, -0.2) is 34.8 Å². The van der Waals surface area contributed by atoms with Crippen molar-refractivity contribution in [1.29, 1.82) is 0 Å². The number of nitrogens with two attached hydrogens (primary N) is 1. The van der Waals surface area contributed by atoms with Gasteiger partial charge in [-0.05, 0) is 25.0 Å². The summed E-state index contributed by atoms with van der Waals surface area (Å²) >= 11 is 0. The number of likely N-dealkylation sites (tertiary alicyclic amines) is 1. The van der Waals surface area contributed by atoms with Crippen LogP contribution in [0, 0.1) is 0 Å². The maximum absolute atomic E-state index is 11.8. The van der Waals surface area contributed by atoms with Crippen molar-refractivity contribution in [3.63, 3.8) is 0 Å². The molecule has 5 nitrogen and oxygen atoms in total. The third-order valence-corrected chi connectivity index (χ3v) is 4.56. The number of piperidine rings is 1. The summed E-state index contributed by atoms with van der Waals surface area (Å²) in [6.07, 6.45) is 2.17. The van der Waals surface area contributed by atoms with Crippen LogP contribution in [0.3, 0.4) is 0 Å². The Balaban J connectivity index is 1.91. The van der Waals surface area contributed by atoms with Crippen LogP contribution < -0.4 is 5.73 Å². The molecule has 0 atom stereocenters. The quantitative estimate of drug-likeness (QED) is 0.946. The minimum Gasteiger partial charge on any atom is -0.366 e. The molecule has 1 aliphatic rings. The Bertz CT molecular complexity index is 749. The van der Waals surface area contributed by atoms with E-state index in [-0.39, 0.29) is 11.8 Å². The van der Waals surface area contributed by atoms with E-state index in [1.54, 1.807) is 0 Å². The van der Waals surface area contributed by atoms with Crippen LogP contribution in [-0.2, 0) is 4.79 Å². The number of aromatic nitrogens is 1. The molecule has 0 unspecified atom stereocenters. The molecule has 1 fully saturated rings. The predicted octanol–water partition coefficient (Wildman–Crippen LogP) is 2.45. The number of hydrogen-bond donors (Lipinski definition) is 1. The lowest BCUT2D eigenvalue weighted by Crippen LogP contribution is -2.38. The van der Waals surface area contributed by atoms with Crippen LogP contribution >= 0.6 is 0 Å². The molecule has 0 bridgehead atoms. The molecule has 5 heteroatoms. The van der Waals surface area contributed by atoms with Gasteiger partial charge in [-0.1, -0.05) is 25.1 Å². The molecular weight excluding hydrogens is 290 g/mol. The number of hydrogen-bond acceptors (Lipinski definition) is 3. The molecule has 1 aromatic carbocycles. The van der Waals surface area contributed by atoms with Gasteiger partial charge in [-0.2, -0.15) is 0 Å². The first-order valence-corrected chi connectivity index (χ1v) is 8.07. The molecule has 1 aromatic heterocycles. The predicted molar refractivity (Wildman–Crippen MR) is 89.1 cm³/mol. The molecule has 1 aliphatic heterocycles. The van der Waals surface area contributed by atoms with Crippen LogP contribution in [0.15, 0.2) is 30.3 Å². The van der Waals surface area contributed by atoms with E-state index in [4.69, 9.17) is 10.7 Å². The third-order valence-electron chi connectivity index (χ3n) is 4.56. The number of para-hydroxylation sites is 1. The second-order valence-corrected chi connectivity index (χ2v) is 5.99. The molecule has 3 rings (SSSR count). The molecule has 0 saturated carbocycles. The minimum absolute atomic E-state index is 0.169. The van der Waals surface area contributed by atoms with Crippen molar-refractivity contribution in [2.24, 2.45) is 5.73 Å². The minimum atomic E-state index is -0.440.